The molecule has 3 rings (SSSR count). The van der Waals surface area contributed by atoms with Crippen LogP contribution in [0.3, 0.4) is 0 Å². The second-order valence-corrected chi connectivity index (χ2v) is 7.39. The molecule has 0 unspecified atom stereocenters. The molecule has 6 heteroatoms. The summed E-state index contributed by atoms with van der Waals surface area (Å²) in [5, 5.41) is 6.41. The van der Waals surface area contributed by atoms with Crippen molar-refractivity contribution in [3.05, 3.63) is 64.7 Å². The number of carbonyl (C=O) groups is 2. The fourth-order valence-corrected chi connectivity index (χ4v) is 3.56. The van der Waals surface area contributed by atoms with Gasteiger partial charge in [-0.2, -0.15) is 0 Å². The highest BCUT2D eigenvalue weighted by Gasteiger charge is 2.16. The molecule has 0 aliphatic heterocycles. The third-order valence-electron chi connectivity index (χ3n) is 4.08. The Bertz CT molecular complexity index is 960. The predicted molar refractivity (Wildman–Crippen MR) is 110 cm³/mol. The molecule has 0 atom stereocenters. The van der Waals surface area contributed by atoms with Crippen molar-refractivity contribution in [1.29, 1.82) is 0 Å². The van der Waals surface area contributed by atoms with Crippen LogP contribution in [-0.4, -0.2) is 16.8 Å². The van der Waals surface area contributed by atoms with Gasteiger partial charge in [0.15, 0.2) is 0 Å². The lowest BCUT2D eigenvalue weighted by molar-refractivity contribution is -0.114. The van der Waals surface area contributed by atoms with Crippen molar-refractivity contribution in [2.45, 2.75) is 27.2 Å². The van der Waals surface area contributed by atoms with Gasteiger partial charge in [0.25, 0.3) is 5.91 Å². The number of anilines is 2. The van der Waals surface area contributed by atoms with Crippen LogP contribution in [0.15, 0.2) is 48.5 Å². The molecule has 0 saturated carbocycles. The van der Waals surface area contributed by atoms with Gasteiger partial charge in [0.1, 0.15) is 10.7 Å². The lowest BCUT2D eigenvalue weighted by Gasteiger charge is -2.05. The summed E-state index contributed by atoms with van der Waals surface area (Å²) >= 11 is 1.47. The summed E-state index contributed by atoms with van der Waals surface area (Å²) in [6.07, 6.45) is 0.962. The van der Waals surface area contributed by atoms with E-state index < -0.39 is 0 Å². The van der Waals surface area contributed by atoms with Crippen LogP contribution in [-0.2, 0) is 11.2 Å². The Balaban J connectivity index is 1.76. The summed E-state index contributed by atoms with van der Waals surface area (Å²) < 4.78 is 0. The van der Waals surface area contributed by atoms with E-state index in [0.717, 1.165) is 33.2 Å². The van der Waals surface area contributed by atoms with Gasteiger partial charge in [-0.3, -0.25) is 9.59 Å². The Morgan fingerprint density at radius 2 is 1.56 bits per heavy atom. The number of nitrogens with zero attached hydrogens (tertiary/aromatic N) is 1. The largest absolute Gasteiger partial charge is 0.326 e. The minimum Gasteiger partial charge on any atom is -0.326 e. The van der Waals surface area contributed by atoms with Crippen molar-refractivity contribution in [3.8, 4) is 10.6 Å². The smallest absolute Gasteiger partial charge is 0.275 e. The molecule has 0 radical (unpaired) electrons. The molecule has 5 nitrogen and oxygen atoms in total. The lowest BCUT2D eigenvalue weighted by Crippen LogP contribution is -2.13. The van der Waals surface area contributed by atoms with Crippen molar-refractivity contribution in [3.63, 3.8) is 0 Å². The van der Waals surface area contributed by atoms with Gasteiger partial charge < -0.3 is 10.6 Å². The van der Waals surface area contributed by atoms with E-state index >= 15 is 0 Å². The highest BCUT2D eigenvalue weighted by atomic mass is 32.1. The number of hydrogen-bond acceptors (Lipinski definition) is 4. The van der Waals surface area contributed by atoms with Gasteiger partial charge in [-0.1, -0.05) is 19.1 Å². The fourth-order valence-electron chi connectivity index (χ4n) is 2.64. The molecule has 2 amide bonds. The number of hydrogen-bond donors (Lipinski definition) is 2. The second kappa shape index (κ2) is 8.14. The van der Waals surface area contributed by atoms with Crippen LogP contribution in [0, 0.1) is 6.92 Å². The van der Waals surface area contributed by atoms with Gasteiger partial charge in [-0.15, -0.1) is 11.3 Å². The number of amides is 2. The zero-order chi connectivity index (χ0) is 19.4. The molecule has 0 aliphatic carbocycles. The predicted octanol–water partition coefficient (Wildman–Crippen LogP) is 4.89. The third kappa shape index (κ3) is 4.60. The Morgan fingerprint density at radius 1 is 0.963 bits per heavy atom. The molecule has 1 aromatic heterocycles. The second-order valence-electron chi connectivity index (χ2n) is 6.19. The standard InChI is InChI=1S/C21H21N3O2S/c1-4-15-5-9-18(10-6-15)23-20(26)19-13(2)27-21(24-19)16-7-11-17(12-8-16)22-14(3)25/h5-12H,4H2,1-3H3,(H,22,25)(H,23,26). The highest BCUT2D eigenvalue weighted by molar-refractivity contribution is 7.15. The van der Waals surface area contributed by atoms with E-state index in [9.17, 15) is 9.59 Å². The number of aromatic nitrogens is 1. The molecule has 1 heterocycles. The maximum absolute atomic E-state index is 12.6. The first kappa shape index (κ1) is 18.8. The molecule has 27 heavy (non-hydrogen) atoms. The molecule has 0 spiro atoms. The monoisotopic (exact) mass is 379 g/mol. The Kier molecular flexibility index (Phi) is 5.66. The van der Waals surface area contributed by atoms with Gasteiger partial charge in [0.05, 0.1) is 0 Å². The Labute approximate surface area is 162 Å². The van der Waals surface area contributed by atoms with E-state index in [2.05, 4.69) is 22.5 Å². The quantitative estimate of drug-likeness (QED) is 0.663. The summed E-state index contributed by atoms with van der Waals surface area (Å²) in [6.45, 7) is 5.46. The topological polar surface area (TPSA) is 71.1 Å². The Morgan fingerprint density at radius 3 is 2.15 bits per heavy atom. The van der Waals surface area contributed by atoms with E-state index in [1.807, 2.05) is 55.5 Å². The number of rotatable bonds is 5. The minimum atomic E-state index is -0.214. The van der Waals surface area contributed by atoms with Crippen molar-refractivity contribution in [2.75, 3.05) is 10.6 Å². The zero-order valence-electron chi connectivity index (χ0n) is 15.5. The van der Waals surface area contributed by atoms with Crippen LogP contribution in [0.5, 0.6) is 0 Å². The summed E-state index contributed by atoms with van der Waals surface area (Å²) in [5.74, 6) is -0.326. The first-order valence-corrected chi connectivity index (χ1v) is 9.53. The van der Waals surface area contributed by atoms with E-state index in [4.69, 9.17) is 0 Å². The lowest BCUT2D eigenvalue weighted by atomic mass is 10.1. The van der Waals surface area contributed by atoms with Crippen LogP contribution in [0.2, 0.25) is 0 Å². The number of carbonyl (C=O) groups excluding carboxylic acids is 2. The third-order valence-corrected chi connectivity index (χ3v) is 5.10. The van der Waals surface area contributed by atoms with Crippen molar-refractivity contribution < 1.29 is 9.59 Å². The van der Waals surface area contributed by atoms with Gasteiger partial charge >= 0.3 is 0 Å². The van der Waals surface area contributed by atoms with Crippen molar-refractivity contribution in [1.82, 2.24) is 4.98 Å². The van der Waals surface area contributed by atoms with Crippen LogP contribution in [0.4, 0.5) is 11.4 Å². The highest BCUT2D eigenvalue weighted by Crippen LogP contribution is 2.29. The average molecular weight is 379 g/mol. The molecule has 3 aromatic rings. The van der Waals surface area contributed by atoms with Gasteiger partial charge in [-0.05, 0) is 55.3 Å². The number of aryl methyl sites for hydroxylation is 2. The average Bonchev–Trinajstić information content (AvgIpc) is 3.04. The minimum absolute atomic E-state index is 0.112. The first-order valence-electron chi connectivity index (χ1n) is 8.72. The maximum Gasteiger partial charge on any atom is 0.275 e. The molecule has 2 N–H and O–H groups in total. The van der Waals surface area contributed by atoms with Gasteiger partial charge in [-0.25, -0.2) is 4.98 Å². The fraction of sp³-hybridized carbons (Fsp3) is 0.190. The number of nitrogens with one attached hydrogen (secondary N) is 2. The van der Waals surface area contributed by atoms with E-state index in [1.165, 1.54) is 23.8 Å². The Hall–Kier alpha value is -2.99. The van der Waals surface area contributed by atoms with Crippen LogP contribution in [0.1, 0.15) is 34.8 Å². The normalized spacial score (nSPS) is 10.5. The van der Waals surface area contributed by atoms with Crippen molar-refractivity contribution in [2.24, 2.45) is 0 Å². The molecule has 0 aliphatic rings. The summed E-state index contributed by atoms with van der Waals surface area (Å²) in [5.41, 5.74) is 4.05. The SMILES string of the molecule is CCc1ccc(NC(=O)c2nc(-c3ccc(NC(C)=O)cc3)sc2C)cc1. The van der Waals surface area contributed by atoms with Crippen molar-refractivity contribution >= 4 is 34.5 Å². The molecule has 0 fully saturated rings. The summed E-state index contributed by atoms with van der Waals surface area (Å²) in [7, 11) is 0. The van der Waals surface area contributed by atoms with Gasteiger partial charge in [0.2, 0.25) is 5.91 Å². The molecular formula is C21H21N3O2S. The van der Waals surface area contributed by atoms with Crippen LogP contribution < -0.4 is 10.6 Å². The summed E-state index contributed by atoms with van der Waals surface area (Å²) in [6, 6.07) is 15.2. The molecule has 0 bridgehead atoms. The van der Waals surface area contributed by atoms with Gasteiger partial charge in [0, 0.05) is 28.7 Å². The molecular weight excluding hydrogens is 358 g/mol. The van der Waals surface area contributed by atoms with Crippen LogP contribution >= 0.6 is 11.3 Å². The van der Waals surface area contributed by atoms with E-state index in [0.29, 0.717) is 5.69 Å². The number of benzene rings is 2. The molecule has 0 saturated heterocycles. The van der Waals surface area contributed by atoms with Crippen LogP contribution in [0.25, 0.3) is 10.6 Å². The molecule has 138 valence electrons. The maximum atomic E-state index is 12.6. The number of thiazole rings is 1. The van der Waals surface area contributed by atoms with E-state index in [1.54, 1.807) is 0 Å². The summed E-state index contributed by atoms with van der Waals surface area (Å²) in [4.78, 5) is 29.1. The zero-order valence-corrected chi connectivity index (χ0v) is 16.3. The van der Waals surface area contributed by atoms with E-state index in [-0.39, 0.29) is 11.8 Å². The first-order chi connectivity index (χ1) is 13.0. The molecule has 2 aromatic carbocycles.